The maximum Gasteiger partial charge on any atom is 0.243 e. The molecule has 23 heavy (non-hydrogen) atoms. The summed E-state index contributed by atoms with van der Waals surface area (Å²) in [5.41, 5.74) is 6.40. The number of hydrogen-bond donors (Lipinski definition) is 3. The summed E-state index contributed by atoms with van der Waals surface area (Å²) in [6.45, 7) is 3.43. The molecular weight excluding hydrogens is 314 g/mol. The van der Waals surface area contributed by atoms with Gasteiger partial charge in [0.1, 0.15) is 0 Å². The third kappa shape index (κ3) is 4.94. The van der Waals surface area contributed by atoms with Crippen molar-refractivity contribution in [1.29, 1.82) is 0 Å². The number of fused-ring (bicyclic) bond motifs is 1. The highest BCUT2D eigenvalue weighted by Gasteiger charge is 2.17. The van der Waals surface area contributed by atoms with Gasteiger partial charge in [0, 0.05) is 23.0 Å². The number of benzene rings is 2. The fourth-order valence-electron chi connectivity index (χ4n) is 2.10. The first-order chi connectivity index (χ1) is 10.5. The normalized spacial score (nSPS) is 12.8. The lowest BCUT2D eigenvalue weighted by atomic mass is 10.0. The van der Waals surface area contributed by atoms with E-state index in [9.17, 15) is 9.59 Å². The SMILES string of the molecule is CC(N)C(C)C(=O)NCC(=O)Nc1cccc2ccccc12.Cl. The van der Waals surface area contributed by atoms with Gasteiger partial charge >= 0.3 is 0 Å². The minimum atomic E-state index is -0.328. The summed E-state index contributed by atoms with van der Waals surface area (Å²) in [7, 11) is 0. The van der Waals surface area contributed by atoms with Gasteiger partial charge in [0.05, 0.1) is 6.54 Å². The largest absolute Gasteiger partial charge is 0.347 e. The molecule has 124 valence electrons. The van der Waals surface area contributed by atoms with Crippen molar-refractivity contribution in [3.63, 3.8) is 0 Å². The first-order valence-corrected chi connectivity index (χ1v) is 7.30. The molecule has 0 fully saturated rings. The van der Waals surface area contributed by atoms with Gasteiger partial charge < -0.3 is 16.4 Å². The topological polar surface area (TPSA) is 84.2 Å². The predicted molar refractivity (Wildman–Crippen MR) is 95.6 cm³/mol. The Kier molecular flexibility index (Phi) is 7.00. The van der Waals surface area contributed by atoms with Crippen LogP contribution in [0.5, 0.6) is 0 Å². The van der Waals surface area contributed by atoms with Crippen molar-refractivity contribution in [2.75, 3.05) is 11.9 Å². The highest BCUT2D eigenvalue weighted by Crippen LogP contribution is 2.22. The van der Waals surface area contributed by atoms with E-state index in [2.05, 4.69) is 10.6 Å². The number of hydrogen-bond acceptors (Lipinski definition) is 3. The lowest BCUT2D eigenvalue weighted by Gasteiger charge is -2.15. The second-order valence-electron chi connectivity index (χ2n) is 5.44. The summed E-state index contributed by atoms with van der Waals surface area (Å²) in [5, 5.41) is 7.44. The first kappa shape index (κ1) is 18.9. The second-order valence-corrected chi connectivity index (χ2v) is 5.44. The molecule has 2 aromatic carbocycles. The number of carbonyl (C=O) groups excluding carboxylic acids is 2. The lowest BCUT2D eigenvalue weighted by molar-refractivity contribution is -0.127. The van der Waals surface area contributed by atoms with Gasteiger partial charge in [-0.05, 0) is 18.4 Å². The Bertz CT molecular complexity index is 683. The highest BCUT2D eigenvalue weighted by molar-refractivity contribution is 6.03. The first-order valence-electron chi connectivity index (χ1n) is 7.30. The van der Waals surface area contributed by atoms with Gasteiger partial charge in [-0.1, -0.05) is 43.3 Å². The van der Waals surface area contributed by atoms with Crippen LogP contribution in [0.4, 0.5) is 5.69 Å². The van der Waals surface area contributed by atoms with Crippen LogP contribution in [-0.4, -0.2) is 24.4 Å². The lowest BCUT2D eigenvalue weighted by Crippen LogP contribution is -2.41. The van der Waals surface area contributed by atoms with Gasteiger partial charge in [-0.25, -0.2) is 0 Å². The molecule has 4 N–H and O–H groups in total. The number of amides is 2. The predicted octanol–water partition coefficient (Wildman–Crippen LogP) is 2.30. The van der Waals surface area contributed by atoms with E-state index >= 15 is 0 Å². The van der Waals surface area contributed by atoms with Gasteiger partial charge in [0.15, 0.2) is 0 Å². The molecule has 0 aliphatic heterocycles. The molecule has 0 aliphatic carbocycles. The average molecular weight is 336 g/mol. The summed E-state index contributed by atoms with van der Waals surface area (Å²) in [5.74, 6) is -0.810. The Hall–Kier alpha value is -2.11. The van der Waals surface area contributed by atoms with Crippen LogP contribution in [0, 0.1) is 5.92 Å². The standard InChI is InChI=1S/C17H21N3O2.ClH/c1-11(12(2)18)17(22)19-10-16(21)20-15-9-5-7-13-6-3-4-8-14(13)15;/h3-9,11-12H,10,18H2,1-2H3,(H,19,22)(H,20,21);1H. The number of nitrogens with one attached hydrogen (secondary N) is 2. The van der Waals surface area contributed by atoms with Crippen molar-refractivity contribution in [3.05, 3.63) is 42.5 Å². The Morgan fingerprint density at radius 3 is 2.43 bits per heavy atom. The van der Waals surface area contributed by atoms with Gasteiger partial charge in [-0.15, -0.1) is 12.4 Å². The summed E-state index contributed by atoms with van der Waals surface area (Å²) in [4.78, 5) is 23.8. The molecule has 0 radical (unpaired) electrons. The van der Waals surface area contributed by atoms with Crippen LogP contribution in [0.3, 0.4) is 0 Å². The van der Waals surface area contributed by atoms with Crippen LogP contribution in [0.25, 0.3) is 10.8 Å². The second kappa shape index (κ2) is 8.50. The van der Waals surface area contributed by atoms with Gasteiger partial charge in [-0.3, -0.25) is 9.59 Å². The van der Waals surface area contributed by atoms with Gasteiger partial charge in [-0.2, -0.15) is 0 Å². The number of halogens is 1. The molecule has 0 saturated heterocycles. The van der Waals surface area contributed by atoms with E-state index in [1.165, 1.54) is 0 Å². The Morgan fingerprint density at radius 1 is 1.09 bits per heavy atom. The quantitative estimate of drug-likeness (QED) is 0.783. The van der Waals surface area contributed by atoms with Crippen molar-refractivity contribution in [2.24, 2.45) is 11.7 Å². The molecule has 2 amide bonds. The fraction of sp³-hybridized carbons (Fsp3) is 0.294. The van der Waals surface area contributed by atoms with Crippen molar-refractivity contribution in [1.82, 2.24) is 5.32 Å². The third-order valence-electron chi connectivity index (χ3n) is 3.69. The van der Waals surface area contributed by atoms with Crippen molar-refractivity contribution in [2.45, 2.75) is 19.9 Å². The third-order valence-corrected chi connectivity index (χ3v) is 3.69. The molecular formula is C17H22ClN3O2. The molecule has 0 spiro atoms. The minimum absolute atomic E-state index is 0. The monoisotopic (exact) mass is 335 g/mol. The molecule has 5 nitrogen and oxygen atoms in total. The number of rotatable bonds is 5. The Labute approximate surface area is 142 Å². The minimum Gasteiger partial charge on any atom is -0.347 e. The van der Waals surface area contributed by atoms with E-state index < -0.39 is 0 Å². The molecule has 2 aromatic rings. The van der Waals surface area contributed by atoms with E-state index in [-0.39, 0.29) is 42.7 Å². The van der Waals surface area contributed by atoms with Gasteiger partial charge in [0.2, 0.25) is 11.8 Å². The number of carbonyl (C=O) groups is 2. The van der Waals surface area contributed by atoms with E-state index in [0.717, 1.165) is 16.5 Å². The molecule has 0 aromatic heterocycles. The summed E-state index contributed by atoms with van der Waals surface area (Å²) in [6, 6.07) is 13.3. The maximum atomic E-state index is 12.0. The fourth-order valence-corrected chi connectivity index (χ4v) is 2.10. The number of anilines is 1. The highest BCUT2D eigenvalue weighted by atomic mass is 35.5. The van der Waals surface area contributed by atoms with E-state index in [1.54, 1.807) is 13.8 Å². The molecule has 0 bridgehead atoms. The van der Waals surface area contributed by atoms with E-state index in [0.29, 0.717) is 0 Å². The van der Waals surface area contributed by atoms with E-state index in [1.807, 2.05) is 42.5 Å². The van der Waals surface area contributed by atoms with Crippen LogP contribution in [0.1, 0.15) is 13.8 Å². The Morgan fingerprint density at radius 2 is 1.74 bits per heavy atom. The zero-order valence-electron chi connectivity index (χ0n) is 13.2. The molecule has 2 atom stereocenters. The summed E-state index contributed by atoms with van der Waals surface area (Å²) >= 11 is 0. The van der Waals surface area contributed by atoms with Crippen molar-refractivity contribution in [3.8, 4) is 0 Å². The molecule has 2 rings (SSSR count). The zero-order chi connectivity index (χ0) is 16.1. The van der Waals surface area contributed by atoms with Gasteiger partial charge in [0.25, 0.3) is 0 Å². The van der Waals surface area contributed by atoms with Crippen LogP contribution in [0.2, 0.25) is 0 Å². The van der Waals surface area contributed by atoms with E-state index in [4.69, 9.17) is 5.73 Å². The zero-order valence-corrected chi connectivity index (χ0v) is 14.0. The van der Waals surface area contributed by atoms with Crippen LogP contribution in [0.15, 0.2) is 42.5 Å². The van der Waals surface area contributed by atoms with Crippen LogP contribution in [-0.2, 0) is 9.59 Å². The molecule has 6 heteroatoms. The maximum absolute atomic E-state index is 12.0. The van der Waals surface area contributed by atoms with Crippen LogP contribution < -0.4 is 16.4 Å². The molecule has 0 saturated carbocycles. The molecule has 0 aliphatic rings. The average Bonchev–Trinajstić information content (AvgIpc) is 2.52. The van der Waals surface area contributed by atoms with Crippen molar-refractivity contribution < 1.29 is 9.59 Å². The Balaban J connectivity index is 0.00000264. The summed E-state index contributed by atoms with van der Waals surface area (Å²) < 4.78 is 0. The summed E-state index contributed by atoms with van der Waals surface area (Å²) in [6.07, 6.45) is 0. The van der Waals surface area contributed by atoms with Crippen LogP contribution >= 0.6 is 12.4 Å². The molecule has 2 unspecified atom stereocenters. The number of nitrogens with two attached hydrogens (primary N) is 1. The molecule has 0 heterocycles. The smallest absolute Gasteiger partial charge is 0.243 e. The van der Waals surface area contributed by atoms with Crippen molar-refractivity contribution >= 4 is 40.7 Å².